The largest absolute Gasteiger partial charge is 0.489 e. The minimum atomic E-state index is -3.31. The maximum absolute atomic E-state index is 13.1. The number of likely N-dealkylation sites (tertiary alicyclic amines) is 1. The SMILES string of the molecule is CS(=O)(=O)NC[C@@H]1CCCCN1C(=O)c1cccc(OCc2ccc(F)cc2)c1. The first-order valence-electron chi connectivity index (χ1n) is 9.55. The van der Waals surface area contributed by atoms with Gasteiger partial charge in [0.1, 0.15) is 18.2 Å². The molecule has 29 heavy (non-hydrogen) atoms. The number of nitrogens with zero attached hydrogens (tertiary/aromatic N) is 1. The monoisotopic (exact) mass is 420 g/mol. The van der Waals surface area contributed by atoms with Crippen molar-refractivity contribution in [2.24, 2.45) is 0 Å². The van der Waals surface area contributed by atoms with Crippen molar-refractivity contribution >= 4 is 15.9 Å². The second-order valence-corrected chi connectivity index (χ2v) is 9.04. The first-order chi connectivity index (χ1) is 13.8. The Morgan fingerprint density at radius 3 is 2.69 bits per heavy atom. The Balaban J connectivity index is 1.67. The molecule has 2 aromatic rings. The van der Waals surface area contributed by atoms with Crippen LogP contribution in [0.5, 0.6) is 5.75 Å². The Morgan fingerprint density at radius 2 is 1.97 bits per heavy atom. The standard InChI is InChI=1S/C21H25FN2O4S/c1-29(26,27)23-14-19-6-2-3-12-24(19)21(25)17-5-4-7-20(13-17)28-15-16-8-10-18(22)11-9-16/h4-5,7-11,13,19,23H,2-3,6,12,14-15H2,1H3/t19-/m0/s1. The van der Waals surface area contributed by atoms with Gasteiger partial charge >= 0.3 is 0 Å². The van der Waals surface area contributed by atoms with Crippen molar-refractivity contribution in [1.29, 1.82) is 0 Å². The van der Waals surface area contributed by atoms with Crippen LogP contribution in [-0.4, -0.2) is 44.6 Å². The lowest BCUT2D eigenvalue weighted by Gasteiger charge is -2.36. The first-order valence-corrected chi connectivity index (χ1v) is 11.4. The average Bonchev–Trinajstić information content (AvgIpc) is 2.71. The number of amides is 1. The van der Waals surface area contributed by atoms with Crippen LogP contribution in [0, 0.1) is 5.82 Å². The fourth-order valence-electron chi connectivity index (χ4n) is 3.36. The number of hydrogen-bond acceptors (Lipinski definition) is 4. The quantitative estimate of drug-likeness (QED) is 0.747. The van der Waals surface area contributed by atoms with Crippen LogP contribution in [0.3, 0.4) is 0 Å². The zero-order valence-corrected chi connectivity index (χ0v) is 17.1. The number of hydrogen-bond donors (Lipinski definition) is 1. The molecule has 0 aromatic heterocycles. The molecule has 1 saturated heterocycles. The Hall–Kier alpha value is -2.45. The summed E-state index contributed by atoms with van der Waals surface area (Å²) in [4.78, 5) is 14.8. The van der Waals surface area contributed by atoms with E-state index in [1.165, 1.54) is 12.1 Å². The van der Waals surface area contributed by atoms with Crippen LogP contribution < -0.4 is 9.46 Å². The summed E-state index contributed by atoms with van der Waals surface area (Å²) < 4.78 is 44.1. The van der Waals surface area contributed by atoms with E-state index in [0.29, 0.717) is 17.9 Å². The molecule has 1 aliphatic rings. The molecule has 6 nitrogen and oxygen atoms in total. The van der Waals surface area contributed by atoms with Gasteiger partial charge < -0.3 is 9.64 Å². The Bertz CT molecular complexity index is 947. The fraction of sp³-hybridized carbons (Fsp3) is 0.381. The van der Waals surface area contributed by atoms with Gasteiger partial charge in [-0.2, -0.15) is 0 Å². The summed E-state index contributed by atoms with van der Waals surface area (Å²) in [6.07, 6.45) is 3.72. The molecule has 2 aromatic carbocycles. The molecule has 1 heterocycles. The molecule has 1 N–H and O–H groups in total. The molecule has 1 atom stereocenters. The number of piperidine rings is 1. The van der Waals surface area contributed by atoms with Gasteiger partial charge in [-0.1, -0.05) is 18.2 Å². The molecular weight excluding hydrogens is 395 g/mol. The van der Waals surface area contributed by atoms with Crippen LogP contribution in [0.15, 0.2) is 48.5 Å². The molecule has 1 amide bonds. The average molecular weight is 421 g/mol. The molecule has 0 radical (unpaired) electrons. The number of carbonyl (C=O) groups is 1. The smallest absolute Gasteiger partial charge is 0.254 e. The van der Waals surface area contributed by atoms with Crippen LogP contribution in [0.1, 0.15) is 35.2 Å². The summed E-state index contributed by atoms with van der Waals surface area (Å²) in [5.74, 6) is 0.100. The van der Waals surface area contributed by atoms with Crippen molar-refractivity contribution in [1.82, 2.24) is 9.62 Å². The van der Waals surface area contributed by atoms with Crippen molar-refractivity contribution in [3.63, 3.8) is 0 Å². The van der Waals surface area contributed by atoms with Gasteiger partial charge in [0.15, 0.2) is 0 Å². The Labute approximate surface area is 170 Å². The van der Waals surface area contributed by atoms with E-state index in [4.69, 9.17) is 4.74 Å². The van der Waals surface area contributed by atoms with Gasteiger partial charge in [0.2, 0.25) is 10.0 Å². The highest BCUT2D eigenvalue weighted by molar-refractivity contribution is 7.88. The number of sulfonamides is 1. The number of carbonyl (C=O) groups excluding carboxylic acids is 1. The lowest BCUT2D eigenvalue weighted by atomic mass is 10.0. The first kappa shape index (κ1) is 21.3. The summed E-state index contributed by atoms with van der Waals surface area (Å²) in [5, 5.41) is 0. The van der Waals surface area contributed by atoms with Crippen LogP contribution in [0.25, 0.3) is 0 Å². The van der Waals surface area contributed by atoms with Gasteiger partial charge in [0, 0.05) is 24.7 Å². The van der Waals surface area contributed by atoms with Gasteiger partial charge in [0.25, 0.3) is 5.91 Å². The highest BCUT2D eigenvalue weighted by Gasteiger charge is 2.28. The molecule has 8 heteroatoms. The molecule has 0 spiro atoms. The molecule has 0 saturated carbocycles. The van der Waals surface area contributed by atoms with Crippen molar-refractivity contribution in [3.8, 4) is 5.75 Å². The molecule has 0 unspecified atom stereocenters. The van der Waals surface area contributed by atoms with E-state index in [1.54, 1.807) is 41.3 Å². The normalized spacial score (nSPS) is 17.2. The molecule has 0 bridgehead atoms. The van der Waals surface area contributed by atoms with E-state index in [0.717, 1.165) is 31.1 Å². The van der Waals surface area contributed by atoms with Crippen LogP contribution >= 0.6 is 0 Å². The van der Waals surface area contributed by atoms with Gasteiger partial charge in [-0.15, -0.1) is 0 Å². The second kappa shape index (κ2) is 9.37. The number of nitrogens with one attached hydrogen (secondary N) is 1. The third kappa shape index (κ3) is 6.27. The number of benzene rings is 2. The molecule has 3 rings (SSSR count). The van der Waals surface area contributed by atoms with Crippen LogP contribution in [-0.2, 0) is 16.6 Å². The fourth-order valence-corrected chi connectivity index (χ4v) is 3.85. The van der Waals surface area contributed by atoms with Crippen molar-refractivity contribution in [2.75, 3.05) is 19.3 Å². The third-order valence-corrected chi connectivity index (χ3v) is 5.56. The number of halogens is 1. The van der Waals surface area contributed by atoms with E-state index in [2.05, 4.69) is 4.72 Å². The van der Waals surface area contributed by atoms with Crippen molar-refractivity contribution in [2.45, 2.75) is 31.9 Å². The molecular formula is C21H25FN2O4S. The topological polar surface area (TPSA) is 75.7 Å². The summed E-state index contributed by atoms with van der Waals surface area (Å²) >= 11 is 0. The highest BCUT2D eigenvalue weighted by atomic mass is 32.2. The number of ether oxygens (including phenoxy) is 1. The summed E-state index contributed by atoms with van der Waals surface area (Å²) in [7, 11) is -3.31. The van der Waals surface area contributed by atoms with Crippen molar-refractivity contribution in [3.05, 3.63) is 65.5 Å². The zero-order chi connectivity index (χ0) is 20.9. The maximum Gasteiger partial charge on any atom is 0.254 e. The summed E-state index contributed by atoms with van der Waals surface area (Å²) in [6.45, 7) is 1.07. The van der Waals surface area contributed by atoms with Crippen molar-refractivity contribution < 1.29 is 22.3 Å². The van der Waals surface area contributed by atoms with E-state index in [9.17, 15) is 17.6 Å². The summed E-state index contributed by atoms with van der Waals surface area (Å²) in [5.41, 5.74) is 1.32. The van der Waals surface area contributed by atoms with Gasteiger partial charge in [-0.05, 0) is 55.2 Å². The van der Waals surface area contributed by atoms with E-state index < -0.39 is 10.0 Å². The maximum atomic E-state index is 13.1. The predicted molar refractivity (Wildman–Crippen MR) is 109 cm³/mol. The van der Waals surface area contributed by atoms with E-state index in [-0.39, 0.29) is 30.9 Å². The van der Waals surface area contributed by atoms with Crippen LogP contribution in [0.2, 0.25) is 0 Å². The van der Waals surface area contributed by atoms with E-state index in [1.807, 2.05) is 0 Å². The lowest BCUT2D eigenvalue weighted by Crippen LogP contribution is -2.49. The minimum absolute atomic E-state index is 0.141. The minimum Gasteiger partial charge on any atom is -0.489 e. The zero-order valence-electron chi connectivity index (χ0n) is 16.3. The Kier molecular flexibility index (Phi) is 6.87. The van der Waals surface area contributed by atoms with Gasteiger partial charge in [-0.25, -0.2) is 17.5 Å². The predicted octanol–water partition coefficient (Wildman–Crippen LogP) is 2.95. The third-order valence-electron chi connectivity index (χ3n) is 4.87. The highest BCUT2D eigenvalue weighted by Crippen LogP contribution is 2.22. The molecule has 0 aliphatic carbocycles. The van der Waals surface area contributed by atoms with Gasteiger partial charge in [-0.3, -0.25) is 4.79 Å². The van der Waals surface area contributed by atoms with Gasteiger partial charge in [0.05, 0.1) is 6.26 Å². The second-order valence-electron chi connectivity index (χ2n) is 7.21. The summed E-state index contributed by atoms with van der Waals surface area (Å²) in [6, 6.07) is 12.8. The molecule has 1 fully saturated rings. The lowest BCUT2D eigenvalue weighted by molar-refractivity contribution is 0.0618. The number of rotatable bonds is 7. The molecule has 1 aliphatic heterocycles. The molecule has 156 valence electrons. The van der Waals surface area contributed by atoms with Crippen LogP contribution in [0.4, 0.5) is 4.39 Å². The van der Waals surface area contributed by atoms with E-state index >= 15 is 0 Å². The Morgan fingerprint density at radius 1 is 1.21 bits per heavy atom.